The van der Waals surface area contributed by atoms with Crippen molar-refractivity contribution in [3.63, 3.8) is 0 Å². The maximum Gasteiger partial charge on any atom is 0.259 e. The lowest BCUT2D eigenvalue weighted by molar-refractivity contribution is 0.0939. The summed E-state index contributed by atoms with van der Waals surface area (Å²) < 4.78 is 33.5. The zero-order chi connectivity index (χ0) is 20.7. The molecule has 1 aliphatic rings. The minimum Gasteiger partial charge on any atom is -0.496 e. The predicted molar refractivity (Wildman–Crippen MR) is 105 cm³/mol. The largest absolute Gasteiger partial charge is 0.496 e. The second-order valence-corrected chi connectivity index (χ2v) is 8.96. The van der Waals surface area contributed by atoms with Gasteiger partial charge in [-0.3, -0.25) is 4.79 Å². The molecule has 1 amide bonds. The average Bonchev–Trinajstić information content (AvgIpc) is 3.19. The molecular formula is C20H24N2O5S. The summed E-state index contributed by atoms with van der Waals surface area (Å²) in [5, 5.41) is 8.22. The Morgan fingerprint density at radius 3 is 2.04 bits per heavy atom. The lowest BCUT2D eigenvalue weighted by Crippen LogP contribution is -2.29. The number of primary sulfonamides is 1. The van der Waals surface area contributed by atoms with E-state index in [2.05, 4.69) is 19.2 Å². The van der Waals surface area contributed by atoms with Crippen LogP contribution in [0.4, 0.5) is 0 Å². The minimum absolute atomic E-state index is 0.0479. The van der Waals surface area contributed by atoms with Crippen molar-refractivity contribution in [2.24, 2.45) is 10.6 Å². The molecule has 8 heteroatoms. The van der Waals surface area contributed by atoms with Gasteiger partial charge in [0.1, 0.15) is 17.1 Å². The van der Waals surface area contributed by atoms with E-state index in [9.17, 15) is 13.2 Å². The Morgan fingerprint density at radius 2 is 1.57 bits per heavy atom. The minimum atomic E-state index is -3.74. The van der Waals surface area contributed by atoms with E-state index < -0.39 is 10.0 Å². The number of ether oxygens (including phenoxy) is 2. The summed E-state index contributed by atoms with van der Waals surface area (Å²) in [5.74, 6) is 0.636. The van der Waals surface area contributed by atoms with Gasteiger partial charge < -0.3 is 14.8 Å². The number of sulfonamides is 1. The first-order valence-corrected chi connectivity index (χ1v) is 10.3. The van der Waals surface area contributed by atoms with Gasteiger partial charge in [0.05, 0.1) is 19.1 Å². The summed E-state index contributed by atoms with van der Waals surface area (Å²) in [5.41, 5.74) is 1.10. The van der Waals surface area contributed by atoms with E-state index in [4.69, 9.17) is 14.6 Å². The molecular weight excluding hydrogens is 380 g/mol. The number of carbonyl (C=O) groups is 1. The Balaban J connectivity index is 1.83. The number of hydrogen-bond donors (Lipinski definition) is 2. The van der Waals surface area contributed by atoms with Crippen LogP contribution in [0.15, 0.2) is 47.4 Å². The van der Waals surface area contributed by atoms with Crippen molar-refractivity contribution in [3.8, 4) is 11.5 Å². The van der Waals surface area contributed by atoms with Crippen molar-refractivity contribution in [2.45, 2.75) is 30.7 Å². The maximum absolute atomic E-state index is 12.9. The van der Waals surface area contributed by atoms with Crippen molar-refractivity contribution < 1.29 is 22.7 Å². The van der Waals surface area contributed by atoms with Crippen molar-refractivity contribution in [1.29, 1.82) is 0 Å². The third kappa shape index (κ3) is 3.57. The van der Waals surface area contributed by atoms with Crippen molar-refractivity contribution in [1.82, 2.24) is 5.32 Å². The number of amides is 1. The highest BCUT2D eigenvalue weighted by Crippen LogP contribution is 2.58. The molecule has 1 saturated carbocycles. The first kappa shape index (κ1) is 20.2. The quantitative estimate of drug-likeness (QED) is 0.768. The van der Waals surface area contributed by atoms with E-state index in [0.29, 0.717) is 17.1 Å². The molecule has 0 aliphatic heterocycles. The van der Waals surface area contributed by atoms with Crippen molar-refractivity contribution >= 4 is 15.9 Å². The maximum atomic E-state index is 12.9. The third-order valence-corrected chi connectivity index (χ3v) is 6.27. The fourth-order valence-electron chi connectivity index (χ4n) is 3.68. The van der Waals surface area contributed by atoms with Gasteiger partial charge in [-0.1, -0.05) is 32.0 Å². The predicted octanol–water partition coefficient (Wildman–Crippen LogP) is 2.27. The van der Waals surface area contributed by atoms with Crippen LogP contribution in [0.5, 0.6) is 11.5 Å². The SMILES string of the molecule is COc1cccc(OC)c1C(=O)N[C@H]1[C@H](c2ccc(S(N)(=O)=O)cc2)C1(C)C. The number of methoxy groups -OCH3 is 2. The summed E-state index contributed by atoms with van der Waals surface area (Å²) >= 11 is 0. The van der Waals surface area contributed by atoms with Crippen LogP contribution in [-0.2, 0) is 10.0 Å². The summed E-state index contributed by atoms with van der Waals surface area (Å²) in [6.45, 7) is 4.10. The smallest absolute Gasteiger partial charge is 0.259 e. The lowest BCUT2D eigenvalue weighted by atomic mass is 10.0. The van der Waals surface area contributed by atoms with E-state index in [1.807, 2.05) is 0 Å². The molecule has 0 bridgehead atoms. The number of hydrogen-bond acceptors (Lipinski definition) is 5. The van der Waals surface area contributed by atoms with Gasteiger partial charge in [-0.05, 0) is 35.2 Å². The molecule has 2 aromatic rings. The second-order valence-electron chi connectivity index (χ2n) is 7.40. The molecule has 3 N–H and O–H groups in total. The van der Waals surface area contributed by atoms with Gasteiger partial charge in [0.15, 0.2) is 0 Å². The second kappa shape index (κ2) is 7.10. The van der Waals surface area contributed by atoms with Crippen LogP contribution in [0.3, 0.4) is 0 Å². The topological polar surface area (TPSA) is 108 Å². The summed E-state index contributed by atoms with van der Waals surface area (Å²) in [4.78, 5) is 13.0. The number of carbonyl (C=O) groups excluding carboxylic acids is 1. The van der Waals surface area contributed by atoms with Gasteiger partial charge >= 0.3 is 0 Å². The van der Waals surface area contributed by atoms with Crippen LogP contribution in [0.2, 0.25) is 0 Å². The Labute approximate surface area is 164 Å². The summed E-state index contributed by atoms with van der Waals surface area (Å²) in [6, 6.07) is 11.5. The molecule has 0 radical (unpaired) electrons. The molecule has 2 atom stereocenters. The van der Waals surface area contributed by atoms with Crippen LogP contribution in [0.1, 0.15) is 35.7 Å². The molecule has 3 rings (SSSR count). The van der Waals surface area contributed by atoms with Gasteiger partial charge in [0, 0.05) is 12.0 Å². The normalized spacial score (nSPS) is 20.3. The Hall–Kier alpha value is -2.58. The van der Waals surface area contributed by atoms with Gasteiger partial charge in [0.2, 0.25) is 10.0 Å². The fourth-order valence-corrected chi connectivity index (χ4v) is 4.20. The van der Waals surface area contributed by atoms with Crippen LogP contribution in [0.25, 0.3) is 0 Å². The van der Waals surface area contributed by atoms with Crippen LogP contribution in [0, 0.1) is 5.41 Å². The summed E-state index contributed by atoms with van der Waals surface area (Å²) in [7, 11) is -0.730. The monoisotopic (exact) mass is 404 g/mol. The average molecular weight is 404 g/mol. The first-order chi connectivity index (χ1) is 13.1. The van der Waals surface area contributed by atoms with Gasteiger partial charge in [-0.25, -0.2) is 13.6 Å². The molecule has 7 nitrogen and oxygen atoms in total. The fraction of sp³-hybridized carbons (Fsp3) is 0.350. The highest BCUT2D eigenvalue weighted by Gasteiger charge is 2.59. The number of nitrogens with two attached hydrogens (primary N) is 1. The molecule has 0 heterocycles. The molecule has 0 unspecified atom stereocenters. The first-order valence-electron chi connectivity index (χ1n) is 8.76. The Bertz CT molecular complexity index is 978. The molecule has 150 valence electrons. The van der Waals surface area contributed by atoms with Crippen molar-refractivity contribution in [2.75, 3.05) is 14.2 Å². The zero-order valence-electron chi connectivity index (χ0n) is 16.2. The highest BCUT2D eigenvalue weighted by molar-refractivity contribution is 7.89. The molecule has 28 heavy (non-hydrogen) atoms. The van der Waals surface area contributed by atoms with Crippen LogP contribution < -0.4 is 19.9 Å². The van der Waals surface area contributed by atoms with E-state index in [1.54, 1.807) is 30.3 Å². The molecule has 2 aromatic carbocycles. The number of nitrogens with one attached hydrogen (secondary N) is 1. The van der Waals surface area contributed by atoms with E-state index in [1.165, 1.54) is 26.4 Å². The molecule has 1 aliphatic carbocycles. The van der Waals surface area contributed by atoms with Crippen molar-refractivity contribution in [3.05, 3.63) is 53.6 Å². The zero-order valence-corrected chi connectivity index (χ0v) is 17.0. The Morgan fingerprint density at radius 1 is 1.04 bits per heavy atom. The molecule has 1 fully saturated rings. The summed E-state index contributed by atoms with van der Waals surface area (Å²) in [6.07, 6.45) is 0. The lowest BCUT2D eigenvalue weighted by Gasteiger charge is -2.13. The van der Waals surface area contributed by atoms with E-state index >= 15 is 0 Å². The van der Waals surface area contributed by atoms with Gasteiger partial charge in [0.25, 0.3) is 5.91 Å². The third-order valence-electron chi connectivity index (χ3n) is 5.34. The standard InChI is InChI=1S/C20H24N2O5S/c1-20(2)17(12-8-10-13(11-9-12)28(21,24)25)18(20)22-19(23)16-14(26-3)6-5-7-15(16)27-4/h5-11,17-18H,1-4H3,(H,22,23)(H2,21,24,25)/t17-,18-/m0/s1. The molecule has 0 spiro atoms. The molecule has 0 saturated heterocycles. The van der Waals surface area contributed by atoms with Gasteiger partial charge in [-0.15, -0.1) is 0 Å². The van der Waals surface area contributed by atoms with E-state index in [0.717, 1.165) is 5.56 Å². The van der Waals surface area contributed by atoms with E-state index in [-0.39, 0.29) is 28.2 Å². The van der Waals surface area contributed by atoms with Crippen LogP contribution in [-0.4, -0.2) is 34.6 Å². The Kier molecular flexibility index (Phi) is 5.12. The van der Waals surface area contributed by atoms with Crippen LogP contribution >= 0.6 is 0 Å². The number of rotatable bonds is 6. The highest BCUT2D eigenvalue weighted by atomic mass is 32.2. The number of benzene rings is 2. The molecule has 0 aromatic heterocycles. The van der Waals surface area contributed by atoms with Gasteiger partial charge in [-0.2, -0.15) is 0 Å².